The summed E-state index contributed by atoms with van der Waals surface area (Å²) in [5.74, 6) is -1.96. The lowest BCUT2D eigenvalue weighted by molar-refractivity contribution is -0.304. The van der Waals surface area contributed by atoms with E-state index in [-0.39, 0.29) is 12.2 Å². The van der Waals surface area contributed by atoms with Gasteiger partial charge in [-0.15, -0.1) is 0 Å². The molecule has 0 radical (unpaired) electrons. The summed E-state index contributed by atoms with van der Waals surface area (Å²) >= 11 is 0. The van der Waals surface area contributed by atoms with E-state index in [1.54, 1.807) is 6.92 Å². The number of carboxylic acids is 1. The smallest absolute Gasteiger partial charge is 0.335 e. The van der Waals surface area contributed by atoms with Crippen molar-refractivity contribution in [3.05, 3.63) is 77.4 Å². The van der Waals surface area contributed by atoms with Crippen LogP contribution in [0, 0.1) is 0 Å². The Morgan fingerprint density at radius 3 is 1.78 bits per heavy atom. The third-order valence-electron chi connectivity index (χ3n) is 3.27. The van der Waals surface area contributed by atoms with E-state index < -0.39 is 18.4 Å². The lowest BCUT2D eigenvalue weighted by atomic mass is 9.91. The molecule has 0 unspecified atom stereocenters. The molecule has 0 N–H and O–H groups in total. The van der Waals surface area contributed by atoms with E-state index in [2.05, 4.69) is 0 Å². The summed E-state index contributed by atoms with van der Waals surface area (Å²) in [6.07, 6.45) is -0.502. The van der Waals surface area contributed by atoms with Gasteiger partial charge < -0.3 is 14.6 Å². The van der Waals surface area contributed by atoms with Crippen LogP contribution >= 0.6 is 0 Å². The van der Waals surface area contributed by atoms with Crippen molar-refractivity contribution in [1.29, 1.82) is 0 Å². The molecular weight excluding hydrogens is 292 g/mol. The van der Waals surface area contributed by atoms with Gasteiger partial charge in [0.15, 0.2) is 0 Å². The summed E-state index contributed by atoms with van der Waals surface area (Å²) < 4.78 is 5.04. The average molecular weight is 309 g/mol. The van der Waals surface area contributed by atoms with Crippen LogP contribution in [0.1, 0.15) is 24.5 Å². The topological polar surface area (TPSA) is 66.4 Å². The number of carbonyl (C=O) groups excluding carboxylic acids is 2. The number of ether oxygens (including phenoxy) is 1. The van der Waals surface area contributed by atoms with Gasteiger partial charge in [0.2, 0.25) is 0 Å². The number of carbonyl (C=O) groups is 2. The van der Waals surface area contributed by atoms with Gasteiger partial charge in [0, 0.05) is 12.4 Å². The van der Waals surface area contributed by atoms with Crippen LogP contribution < -0.4 is 5.11 Å². The van der Waals surface area contributed by atoms with Gasteiger partial charge in [0.05, 0.1) is 12.2 Å². The highest BCUT2D eigenvalue weighted by molar-refractivity contribution is 6.04. The first kappa shape index (κ1) is 16.5. The first-order valence-corrected chi connectivity index (χ1v) is 7.34. The van der Waals surface area contributed by atoms with Crippen LogP contribution in [0.3, 0.4) is 0 Å². The summed E-state index contributed by atoms with van der Waals surface area (Å²) in [7, 11) is 0. The first-order chi connectivity index (χ1) is 11.1. The largest absolute Gasteiger partial charge is 0.550 e. The van der Waals surface area contributed by atoms with Gasteiger partial charge in [0.25, 0.3) is 0 Å². The van der Waals surface area contributed by atoms with E-state index in [0.29, 0.717) is 5.57 Å². The monoisotopic (exact) mass is 309 g/mol. The van der Waals surface area contributed by atoms with Gasteiger partial charge in [-0.2, -0.15) is 0 Å². The second-order valence-corrected chi connectivity index (χ2v) is 4.85. The Morgan fingerprint density at radius 2 is 1.39 bits per heavy atom. The van der Waals surface area contributed by atoms with E-state index in [0.717, 1.165) is 11.1 Å². The number of rotatable bonds is 6. The average Bonchev–Trinajstić information content (AvgIpc) is 2.56. The molecule has 2 rings (SSSR count). The molecule has 0 aromatic heterocycles. The van der Waals surface area contributed by atoms with E-state index in [9.17, 15) is 14.7 Å². The number of carboxylic acid groups (broad SMARTS) is 1. The van der Waals surface area contributed by atoms with Crippen molar-refractivity contribution in [3.63, 3.8) is 0 Å². The van der Waals surface area contributed by atoms with Crippen molar-refractivity contribution in [2.45, 2.75) is 13.3 Å². The van der Waals surface area contributed by atoms with Gasteiger partial charge >= 0.3 is 5.97 Å². The van der Waals surface area contributed by atoms with Gasteiger partial charge in [-0.05, 0) is 23.6 Å². The molecule has 0 heterocycles. The van der Waals surface area contributed by atoms with Crippen molar-refractivity contribution in [1.82, 2.24) is 0 Å². The van der Waals surface area contributed by atoms with E-state index in [4.69, 9.17) is 4.74 Å². The standard InChI is InChI=1S/C19H18O4/c1-2-23-19(22)16(13-17(20)21)18(14-9-5-3-6-10-14)15-11-7-4-8-12-15/h3-12H,2,13H2,1H3,(H,20,21)/p-1. The Morgan fingerprint density at radius 1 is 0.913 bits per heavy atom. The lowest BCUT2D eigenvalue weighted by Crippen LogP contribution is -2.25. The maximum atomic E-state index is 12.3. The maximum Gasteiger partial charge on any atom is 0.335 e. The SMILES string of the molecule is CCOC(=O)C(CC(=O)[O-])=C(c1ccccc1)c1ccccc1. The molecule has 2 aromatic carbocycles. The highest BCUT2D eigenvalue weighted by Crippen LogP contribution is 2.29. The minimum Gasteiger partial charge on any atom is -0.550 e. The fourth-order valence-electron chi connectivity index (χ4n) is 2.35. The minimum absolute atomic E-state index is 0.0873. The number of hydrogen-bond acceptors (Lipinski definition) is 4. The molecule has 0 amide bonds. The fourth-order valence-corrected chi connectivity index (χ4v) is 2.35. The number of esters is 1. The first-order valence-electron chi connectivity index (χ1n) is 7.34. The van der Waals surface area contributed by atoms with Crippen LogP contribution in [0.25, 0.3) is 5.57 Å². The molecule has 0 saturated heterocycles. The normalized spacial score (nSPS) is 9.96. The summed E-state index contributed by atoms with van der Waals surface area (Å²) in [6, 6.07) is 18.4. The van der Waals surface area contributed by atoms with Crippen molar-refractivity contribution >= 4 is 17.5 Å². The molecule has 0 atom stereocenters. The molecule has 0 saturated carbocycles. The zero-order chi connectivity index (χ0) is 16.7. The molecule has 4 nitrogen and oxygen atoms in total. The highest BCUT2D eigenvalue weighted by Gasteiger charge is 2.19. The van der Waals surface area contributed by atoms with Crippen LogP contribution in [0.4, 0.5) is 0 Å². The maximum absolute atomic E-state index is 12.3. The van der Waals surface area contributed by atoms with Gasteiger partial charge in [0.1, 0.15) is 0 Å². The fraction of sp³-hybridized carbons (Fsp3) is 0.158. The minimum atomic E-state index is -1.32. The molecule has 23 heavy (non-hydrogen) atoms. The Bertz CT molecular complexity index is 661. The van der Waals surface area contributed by atoms with Crippen LogP contribution in [0.5, 0.6) is 0 Å². The molecular formula is C19H17O4-. The second kappa shape index (κ2) is 7.94. The molecule has 118 valence electrons. The summed E-state index contributed by atoms with van der Waals surface area (Å²) in [5, 5.41) is 11.1. The number of hydrogen-bond donors (Lipinski definition) is 0. The predicted molar refractivity (Wildman–Crippen MR) is 85.2 cm³/mol. The van der Waals surface area contributed by atoms with Crippen molar-refractivity contribution in [2.75, 3.05) is 6.61 Å². The molecule has 0 aliphatic carbocycles. The molecule has 2 aromatic rings. The summed E-state index contributed by atoms with van der Waals surface area (Å²) in [4.78, 5) is 23.4. The van der Waals surface area contributed by atoms with Crippen LogP contribution in [0.15, 0.2) is 66.2 Å². The van der Waals surface area contributed by atoms with Gasteiger partial charge in [-0.25, -0.2) is 4.79 Å². The number of benzene rings is 2. The highest BCUT2D eigenvalue weighted by atomic mass is 16.5. The molecule has 0 aliphatic heterocycles. The third-order valence-corrected chi connectivity index (χ3v) is 3.27. The molecule has 0 fully saturated rings. The van der Waals surface area contributed by atoms with E-state index >= 15 is 0 Å². The van der Waals surface area contributed by atoms with Crippen LogP contribution in [-0.2, 0) is 14.3 Å². The zero-order valence-electron chi connectivity index (χ0n) is 12.8. The molecule has 0 spiro atoms. The Balaban J connectivity index is 2.68. The van der Waals surface area contributed by atoms with Gasteiger partial charge in [-0.1, -0.05) is 60.7 Å². The quantitative estimate of drug-likeness (QED) is 0.606. The third kappa shape index (κ3) is 4.30. The molecule has 0 aliphatic rings. The Labute approximate surface area is 135 Å². The van der Waals surface area contributed by atoms with Crippen molar-refractivity contribution in [3.8, 4) is 0 Å². The molecule has 0 bridgehead atoms. The van der Waals surface area contributed by atoms with Crippen molar-refractivity contribution < 1.29 is 19.4 Å². The van der Waals surface area contributed by atoms with E-state index in [1.807, 2.05) is 60.7 Å². The van der Waals surface area contributed by atoms with Crippen LogP contribution in [-0.4, -0.2) is 18.5 Å². The second-order valence-electron chi connectivity index (χ2n) is 4.85. The van der Waals surface area contributed by atoms with E-state index in [1.165, 1.54) is 0 Å². The Hall–Kier alpha value is -2.88. The Kier molecular flexibility index (Phi) is 5.69. The summed E-state index contributed by atoms with van der Waals surface area (Å²) in [6.45, 7) is 1.85. The zero-order valence-corrected chi connectivity index (χ0v) is 12.8. The predicted octanol–water partition coefficient (Wildman–Crippen LogP) is 2.19. The van der Waals surface area contributed by atoms with Crippen LogP contribution in [0.2, 0.25) is 0 Å². The van der Waals surface area contributed by atoms with Crippen molar-refractivity contribution in [2.24, 2.45) is 0 Å². The number of aliphatic carboxylic acids is 1. The lowest BCUT2D eigenvalue weighted by Gasteiger charge is -2.16. The van der Waals surface area contributed by atoms with Gasteiger partial charge in [-0.3, -0.25) is 0 Å². The molecule has 4 heteroatoms. The summed E-state index contributed by atoms with van der Waals surface area (Å²) in [5.41, 5.74) is 2.14.